The fourth-order valence-corrected chi connectivity index (χ4v) is 2.57. The molecule has 0 atom stereocenters. The van der Waals surface area contributed by atoms with Crippen molar-refractivity contribution >= 4 is 16.8 Å². The quantitative estimate of drug-likeness (QED) is 0.645. The standard InChI is InChI=1S/C15H15N3O/c1-8-11(15(16)19)7-13(17-8)14-9(2)18-12-6-4-3-5-10(12)14/h3-7,17-18H,1-2H3,(H2,16,19). The van der Waals surface area contributed by atoms with Gasteiger partial charge in [0, 0.05) is 33.5 Å². The summed E-state index contributed by atoms with van der Waals surface area (Å²) in [5.74, 6) is -0.405. The third kappa shape index (κ3) is 1.73. The zero-order valence-electron chi connectivity index (χ0n) is 10.9. The van der Waals surface area contributed by atoms with Crippen molar-refractivity contribution in [2.45, 2.75) is 13.8 Å². The Balaban J connectivity index is 2.27. The molecule has 4 heteroatoms. The molecule has 0 aliphatic heterocycles. The van der Waals surface area contributed by atoms with E-state index in [-0.39, 0.29) is 0 Å². The Morgan fingerprint density at radius 3 is 2.53 bits per heavy atom. The lowest BCUT2D eigenvalue weighted by Crippen LogP contribution is -2.10. The highest BCUT2D eigenvalue weighted by Gasteiger charge is 2.15. The van der Waals surface area contributed by atoms with Gasteiger partial charge in [0.05, 0.1) is 5.56 Å². The van der Waals surface area contributed by atoms with Crippen LogP contribution in [-0.2, 0) is 0 Å². The number of amides is 1. The molecular formula is C15H15N3O. The summed E-state index contributed by atoms with van der Waals surface area (Å²) < 4.78 is 0. The number of carbonyl (C=O) groups is 1. The van der Waals surface area contributed by atoms with Crippen LogP contribution < -0.4 is 5.73 Å². The highest BCUT2D eigenvalue weighted by Crippen LogP contribution is 2.32. The summed E-state index contributed by atoms with van der Waals surface area (Å²) in [5, 5.41) is 1.14. The van der Waals surface area contributed by atoms with E-state index in [0.29, 0.717) is 5.56 Å². The van der Waals surface area contributed by atoms with E-state index in [2.05, 4.69) is 16.0 Å². The zero-order valence-corrected chi connectivity index (χ0v) is 10.9. The smallest absolute Gasteiger partial charge is 0.250 e. The number of hydrogen-bond acceptors (Lipinski definition) is 1. The van der Waals surface area contributed by atoms with E-state index in [1.165, 1.54) is 0 Å². The van der Waals surface area contributed by atoms with E-state index in [9.17, 15) is 4.79 Å². The lowest BCUT2D eigenvalue weighted by Gasteiger charge is -1.97. The van der Waals surface area contributed by atoms with Gasteiger partial charge in [-0.05, 0) is 26.0 Å². The number of benzene rings is 1. The van der Waals surface area contributed by atoms with Gasteiger partial charge in [-0.15, -0.1) is 0 Å². The van der Waals surface area contributed by atoms with Crippen LogP contribution in [0.1, 0.15) is 21.7 Å². The first-order valence-electron chi connectivity index (χ1n) is 6.15. The molecule has 4 nitrogen and oxygen atoms in total. The Morgan fingerprint density at radius 2 is 1.84 bits per heavy atom. The van der Waals surface area contributed by atoms with Crippen LogP contribution >= 0.6 is 0 Å². The molecule has 4 N–H and O–H groups in total. The van der Waals surface area contributed by atoms with Crippen molar-refractivity contribution in [3.8, 4) is 11.3 Å². The van der Waals surface area contributed by atoms with Gasteiger partial charge in [-0.2, -0.15) is 0 Å². The SMILES string of the molecule is Cc1[nH]c(-c2c(C)[nH]c3ccccc23)cc1C(N)=O. The Morgan fingerprint density at radius 1 is 1.11 bits per heavy atom. The normalized spacial score (nSPS) is 11.1. The number of nitrogens with two attached hydrogens (primary N) is 1. The van der Waals surface area contributed by atoms with Crippen molar-refractivity contribution in [2.75, 3.05) is 0 Å². The Bertz CT molecular complexity index is 780. The van der Waals surface area contributed by atoms with Gasteiger partial charge in [-0.3, -0.25) is 4.79 Å². The minimum atomic E-state index is -0.405. The highest BCUT2D eigenvalue weighted by molar-refractivity contribution is 6.00. The number of H-pyrrole nitrogens is 2. The van der Waals surface area contributed by atoms with Gasteiger partial charge >= 0.3 is 0 Å². The largest absolute Gasteiger partial charge is 0.366 e. The fraction of sp³-hybridized carbons (Fsp3) is 0.133. The lowest BCUT2D eigenvalue weighted by molar-refractivity contribution is 0.1000. The third-order valence-corrected chi connectivity index (χ3v) is 3.44. The van der Waals surface area contributed by atoms with Gasteiger partial charge in [0.25, 0.3) is 5.91 Å². The van der Waals surface area contributed by atoms with E-state index in [4.69, 9.17) is 5.73 Å². The van der Waals surface area contributed by atoms with Crippen LogP contribution in [0.2, 0.25) is 0 Å². The van der Waals surface area contributed by atoms with Gasteiger partial charge in [-0.1, -0.05) is 18.2 Å². The second-order valence-electron chi connectivity index (χ2n) is 4.76. The molecule has 3 rings (SSSR count). The number of aromatic nitrogens is 2. The predicted molar refractivity (Wildman–Crippen MR) is 76.1 cm³/mol. The molecule has 1 aromatic carbocycles. The molecule has 0 spiro atoms. The topological polar surface area (TPSA) is 74.7 Å². The molecule has 0 fully saturated rings. The predicted octanol–water partition coefficient (Wildman–Crippen LogP) is 2.88. The number of primary amides is 1. The zero-order chi connectivity index (χ0) is 13.6. The summed E-state index contributed by atoms with van der Waals surface area (Å²) in [6, 6.07) is 9.92. The Hall–Kier alpha value is -2.49. The van der Waals surface area contributed by atoms with Crippen LogP contribution in [0.15, 0.2) is 30.3 Å². The van der Waals surface area contributed by atoms with Gasteiger partial charge in [0.1, 0.15) is 0 Å². The number of para-hydroxylation sites is 1. The van der Waals surface area contributed by atoms with Crippen LogP contribution in [0.5, 0.6) is 0 Å². The van der Waals surface area contributed by atoms with E-state index < -0.39 is 5.91 Å². The maximum Gasteiger partial charge on any atom is 0.250 e. The molecule has 19 heavy (non-hydrogen) atoms. The summed E-state index contributed by atoms with van der Waals surface area (Å²) in [6.45, 7) is 3.88. The number of aromatic amines is 2. The first-order chi connectivity index (χ1) is 9.08. The summed E-state index contributed by atoms with van der Waals surface area (Å²) in [7, 11) is 0. The molecule has 1 amide bonds. The first kappa shape index (κ1) is 11.6. The minimum Gasteiger partial charge on any atom is -0.366 e. The van der Waals surface area contributed by atoms with Gasteiger partial charge in [-0.25, -0.2) is 0 Å². The van der Waals surface area contributed by atoms with Crippen LogP contribution in [0.4, 0.5) is 0 Å². The summed E-state index contributed by atoms with van der Waals surface area (Å²) >= 11 is 0. The molecular weight excluding hydrogens is 238 g/mol. The summed E-state index contributed by atoms with van der Waals surface area (Å²) in [6.07, 6.45) is 0. The molecule has 0 radical (unpaired) electrons. The van der Waals surface area contributed by atoms with Crippen molar-refractivity contribution in [3.63, 3.8) is 0 Å². The van der Waals surface area contributed by atoms with Crippen LogP contribution in [0.25, 0.3) is 22.2 Å². The maximum atomic E-state index is 11.3. The second kappa shape index (κ2) is 4.02. The number of hydrogen-bond donors (Lipinski definition) is 3. The monoisotopic (exact) mass is 253 g/mol. The van der Waals surface area contributed by atoms with Crippen molar-refractivity contribution in [1.82, 2.24) is 9.97 Å². The van der Waals surface area contributed by atoms with Crippen molar-refractivity contribution in [3.05, 3.63) is 47.3 Å². The number of aryl methyl sites for hydroxylation is 2. The molecule has 0 unspecified atom stereocenters. The Labute approximate surface area is 110 Å². The summed E-state index contributed by atoms with van der Waals surface area (Å²) in [4.78, 5) is 17.9. The molecule has 0 bridgehead atoms. The molecule has 3 aromatic rings. The number of carbonyl (C=O) groups excluding carboxylic acids is 1. The molecule has 0 saturated heterocycles. The van der Waals surface area contributed by atoms with Crippen molar-refractivity contribution < 1.29 is 4.79 Å². The van der Waals surface area contributed by atoms with Crippen LogP contribution in [-0.4, -0.2) is 15.9 Å². The van der Waals surface area contributed by atoms with Gasteiger partial charge < -0.3 is 15.7 Å². The van der Waals surface area contributed by atoms with Gasteiger partial charge in [0.2, 0.25) is 0 Å². The molecule has 2 aromatic heterocycles. The molecule has 0 aliphatic carbocycles. The molecule has 2 heterocycles. The average Bonchev–Trinajstić information content (AvgIpc) is 2.88. The minimum absolute atomic E-state index is 0.405. The fourth-order valence-electron chi connectivity index (χ4n) is 2.57. The van der Waals surface area contributed by atoms with E-state index in [0.717, 1.165) is 33.5 Å². The highest BCUT2D eigenvalue weighted by atomic mass is 16.1. The number of nitrogens with one attached hydrogen (secondary N) is 2. The molecule has 0 saturated carbocycles. The van der Waals surface area contributed by atoms with Crippen molar-refractivity contribution in [1.29, 1.82) is 0 Å². The van der Waals surface area contributed by atoms with Gasteiger partial charge in [0.15, 0.2) is 0 Å². The third-order valence-electron chi connectivity index (χ3n) is 3.44. The van der Waals surface area contributed by atoms with Crippen LogP contribution in [0, 0.1) is 13.8 Å². The number of rotatable bonds is 2. The maximum absolute atomic E-state index is 11.3. The van der Waals surface area contributed by atoms with Crippen molar-refractivity contribution in [2.24, 2.45) is 5.73 Å². The Kier molecular flexibility index (Phi) is 2.45. The van der Waals surface area contributed by atoms with Crippen LogP contribution in [0.3, 0.4) is 0 Å². The average molecular weight is 253 g/mol. The first-order valence-corrected chi connectivity index (χ1v) is 6.15. The molecule has 96 valence electrons. The molecule has 0 aliphatic rings. The second-order valence-corrected chi connectivity index (χ2v) is 4.76. The summed E-state index contributed by atoms with van der Waals surface area (Å²) in [5.41, 5.74) is 10.9. The van der Waals surface area contributed by atoms with E-state index in [1.54, 1.807) is 0 Å². The lowest BCUT2D eigenvalue weighted by atomic mass is 10.1. The number of fused-ring (bicyclic) bond motifs is 1. The van der Waals surface area contributed by atoms with E-state index in [1.807, 2.05) is 38.1 Å². The van der Waals surface area contributed by atoms with E-state index >= 15 is 0 Å².